The van der Waals surface area contributed by atoms with Gasteiger partial charge in [-0.1, -0.05) is 38.1 Å². The van der Waals surface area contributed by atoms with Crippen LogP contribution < -0.4 is 0 Å². The molecule has 0 aliphatic rings. The Morgan fingerprint density at radius 3 is 1.93 bits per heavy atom. The second-order valence-electron chi connectivity index (χ2n) is 3.60. The normalized spacial score (nSPS) is 12.1. The molecule has 4 heteroatoms. The molecule has 14 heavy (non-hydrogen) atoms. The fourth-order valence-corrected chi connectivity index (χ4v) is 1.84. The van der Waals surface area contributed by atoms with Gasteiger partial charge in [0.2, 0.25) is 0 Å². The Labute approximate surface area is 82.8 Å². The highest BCUT2D eigenvalue weighted by atomic mass is 31.3. The zero-order valence-corrected chi connectivity index (χ0v) is 9.07. The van der Waals surface area contributed by atoms with Crippen LogP contribution in [0.3, 0.4) is 0 Å². The predicted molar refractivity (Wildman–Crippen MR) is 54.5 cm³/mol. The van der Waals surface area contributed by atoms with E-state index in [9.17, 15) is 12.6 Å². The van der Waals surface area contributed by atoms with E-state index in [-0.39, 0.29) is 0 Å². The van der Waals surface area contributed by atoms with E-state index in [2.05, 4.69) is 0 Å². The first-order chi connectivity index (χ1) is 6.38. The molecule has 0 atom stereocenters. The molecule has 0 amide bonds. The van der Waals surface area contributed by atoms with Gasteiger partial charge in [0.1, 0.15) is 0 Å². The fraction of sp³-hybridized carbons (Fsp3) is 0.400. The molecule has 0 nitrogen and oxygen atoms in total. The molecule has 0 N–H and O–H groups in total. The van der Waals surface area contributed by atoms with E-state index in [0.29, 0.717) is 11.5 Å². The van der Waals surface area contributed by atoms with Crippen molar-refractivity contribution < 1.29 is 12.6 Å². The van der Waals surface area contributed by atoms with E-state index in [1.54, 1.807) is 24.3 Å². The Balaban J connectivity index is 2.74. The van der Waals surface area contributed by atoms with Crippen molar-refractivity contribution >= 4 is 8.19 Å². The number of rotatable bonds is 3. The summed E-state index contributed by atoms with van der Waals surface area (Å²) in [5, 5.41) is 0. The van der Waals surface area contributed by atoms with E-state index in [1.807, 2.05) is 13.8 Å². The quantitative estimate of drug-likeness (QED) is 0.631. The number of benzene rings is 1. The maximum Gasteiger partial charge on any atom is 0.573 e. The Bertz CT molecular complexity index is 287. The van der Waals surface area contributed by atoms with Crippen LogP contribution in [0.25, 0.3) is 0 Å². The zero-order chi connectivity index (χ0) is 10.8. The molecule has 0 aliphatic carbocycles. The van der Waals surface area contributed by atoms with E-state index in [0.717, 1.165) is 5.56 Å². The third-order valence-corrected chi connectivity index (χ3v) is 2.73. The van der Waals surface area contributed by atoms with Crippen LogP contribution >= 0.6 is 8.19 Å². The SMILES string of the molecule is CC(C)c1ccc(C[P+](F)(F)F)cc1. The molecule has 0 radical (unpaired) electrons. The molecule has 0 saturated heterocycles. The largest absolute Gasteiger partial charge is 0.573 e. The monoisotopic (exact) mass is 221 g/mol. The third-order valence-electron chi connectivity index (χ3n) is 2.01. The molecule has 1 rings (SSSR count). The van der Waals surface area contributed by atoms with Crippen LogP contribution in [0.15, 0.2) is 24.3 Å². The van der Waals surface area contributed by atoms with Crippen molar-refractivity contribution in [3.05, 3.63) is 35.4 Å². The molecule has 0 unspecified atom stereocenters. The number of hydrogen-bond donors (Lipinski definition) is 0. The molecule has 0 spiro atoms. The molecule has 0 bridgehead atoms. The molecule has 0 fully saturated rings. The Morgan fingerprint density at radius 1 is 1.07 bits per heavy atom. The van der Waals surface area contributed by atoms with Gasteiger partial charge in [0.05, 0.1) is 0 Å². The van der Waals surface area contributed by atoms with Crippen molar-refractivity contribution in [3.63, 3.8) is 0 Å². The average Bonchev–Trinajstić information content (AvgIpc) is 2.02. The van der Waals surface area contributed by atoms with E-state index in [1.165, 1.54) is 0 Å². The fourth-order valence-electron chi connectivity index (χ4n) is 1.21. The van der Waals surface area contributed by atoms with Gasteiger partial charge in [0, 0.05) is 12.6 Å². The van der Waals surface area contributed by atoms with Crippen LogP contribution in [0.2, 0.25) is 0 Å². The molecular weight excluding hydrogens is 208 g/mol. The summed E-state index contributed by atoms with van der Waals surface area (Å²) < 4.78 is 36.3. The summed E-state index contributed by atoms with van der Waals surface area (Å²) in [7, 11) is -5.18. The summed E-state index contributed by atoms with van der Waals surface area (Å²) in [6.45, 7) is 4.04. The summed E-state index contributed by atoms with van der Waals surface area (Å²) >= 11 is 0. The van der Waals surface area contributed by atoms with Crippen molar-refractivity contribution in [3.8, 4) is 0 Å². The number of hydrogen-bond acceptors (Lipinski definition) is 0. The molecule has 1 aromatic rings. The molecule has 78 valence electrons. The summed E-state index contributed by atoms with van der Waals surface area (Å²) in [6.07, 6.45) is -0.731. The summed E-state index contributed by atoms with van der Waals surface area (Å²) in [5.41, 5.74) is 1.45. The Hall–Kier alpha value is -0.560. The van der Waals surface area contributed by atoms with Crippen LogP contribution in [-0.2, 0) is 6.16 Å². The van der Waals surface area contributed by atoms with Gasteiger partial charge in [0.15, 0.2) is 6.16 Å². The lowest BCUT2D eigenvalue weighted by atomic mass is 10.0. The lowest BCUT2D eigenvalue weighted by molar-refractivity contribution is 0.581. The van der Waals surface area contributed by atoms with Crippen molar-refractivity contribution in [2.75, 3.05) is 0 Å². The van der Waals surface area contributed by atoms with Crippen molar-refractivity contribution in [2.24, 2.45) is 0 Å². The van der Waals surface area contributed by atoms with Gasteiger partial charge < -0.3 is 0 Å². The zero-order valence-electron chi connectivity index (χ0n) is 8.17. The smallest absolute Gasteiger partial charge is 0.0587 e. The molecule has 0 aromatic heterocycles. The standard InChI is InChI=1S/C10H13F3P/c1-8(2)10-5-3-9(4-6-10)7-14(11,12)13/h3-6,8H,7H2,1-2H3/q+1. The van der Waals surface area contributed by atoms with Gasteiger partial charge in [-0.25, -0.2) is 0 Å². The van der Waals surface area contributed by atoms with Gasteiger partial charge in [0.25, 0.3) is 0 Å². The second-order valence-corrected chi connectivity index (χ2v) is 5.02. The van der Waals surface area contributed by atoms with Crippen LogP contribution in [0.1, 0.15) is 30.9 Å². The molecule has 0 aliphatic heterocycles. The van der Waals surface area contributed by atoms with Crippen molar-refractivity contribution in [2.45, 2.75) is 25.9 Å². The highest BCUT2D eigenvalue weighted by Gasteiger charge is 2.42. The molecule has 0 saturated carbocycles. The van der Waals surface area contributed by atoms with Crippen LogP contribution in [-0.4, -0.2) is 0 Å². The van der Waals surface area contributed by atoms with E-state index < -0.39 is 14.4 Å². The van der Waals surface area contributed by atoms with E-state index >= 15 is 0 Å². The lowest BCUT2D eigenvalue weighted by Crippen LogP contribution is -1.88. The lowest BCUT2D eigenvalue weighted by Gasteiger charge is -2.05. The minimum absolute atomic E-state index is 0.365. The molecular formula is C10H13F3P+. The average molecular weight is 221 g/mol. The van der Waals surface area contributed by atoms with Crippen molar-refractivity contribution in [1.82, 2.24) is 0 Å². The highest BCUT2D eigenvalue weighted by Crippen LogP contribution is 2.66. The van der Waals surface area contributed by atoms with Gasteiger partial charge in [-0.3, -0.25) is 0 Å². The molecule has 0 heterocycles. The Kier molecular flexibility index (Phi) is 3.54. The summed E-state index contributed by atoms with van der Waals surface area (Å²) in [4.78, 5) is 0. The van der Waals surface area contributed by atoms with Gasteiger partial charge in [-0.2, -0.15) is 0 Å². The Morgan fingerprint density at radius 2 is 1.57 bits per heavy atom. The topological polar surface area (TPSA) is 0 Å². The first-order valence-electron chi connectivity index (χ1n) is 4.44. The first kappa shape index (κ1) is 11.5. The van der Waals surface area contributed by atoms with Crippen molar-refractivity contribution in [1.29, 1.82) is 0 Å². The predicted octanol–water partition coefficient (Wildman–Crippen LogP) is 4.98. The minimum atomic E-state index is -5.18. The minimum Gasteiger partial charge on any atom is -0.0587 e. The van der Waals surface area contributed by atoms with Gasteiger partial charge in [-0.15, -0.1) is 0 Å². The van der Waals surface area contributed by atoms with Gasteiger partial charge in [-0.05, 0) is 17.0 Å². The summed E-state index contributed by atoms with van der Waals surface area (Å²) in [6, 6.07) is 6.69. The molecule has 1 aromatic carbocycles. The van der Waals surface area contributed by atoms with Crippen LogP contribution in [0.5, 0.6) is 0 Å². The maximum atomic E-state index is 12.1. The van der Waals surface area contributed by atoms with E-state index in [4.69, 9.17) is 0 Å². The third kappa shape index (κ3) is 3.67. The maximum absolute atomic E-state index is 12.1. The van der Waals surface area contributed by atoms with Crippen LogP contribution in [0.4, 0.5) is 12.6 Å². The second kappa shape index (κ2) is 4.31. The van der Waals surface area contributed by atoms with Gasteiger partial charge >= 0.3 is 8.19 Å². The number of halogens is 3. The summed E-state index contributed by atoms with van der Waals surface area (Å²) in [5.74, 6) is 0.365. The first-order valence-corrected chi connectivity index (χ1v) is 6.09. The highest BCUT2D eigenvalue weighted by molar-refractivity contribution is 7.59. The van der Waals surface area contributed by atoms with Crippen LogP contribution in [0, 0.1) is 0 Å².